The van der Waals surface area contributed by atoms with Crippen LogP contribution in [0.5, 0.6) is 0 Å². The smallest absolute Gasteiger partial charge is 0.172 e. The van der Waals surface area contributed by atoms with Crippen molar-refractivity contribution in [1.82, 2.24) is 0 Å². The van der Waals surface area contributed by atoms with Crippen LogP contribution in [-0.4, -0.2) is 0 Å². The Morgan fingerprint density at radius 2 is 2.50 bits per heavy atom. The van der Waals surface area contributed by atoms with Crippen molar-refractivity contribution in [1.29, 1.82) is 0 Å². The molecule has 0 spiro atoms. The minimum Gasteiger partial charge on any atom is -0.461 e. The van der Waals surface area contributed by atoms with E-state index in [0.29, 0.717) is 5.92 Å². The van der Waals surface area contributed by atoms with E-state index in [4.69, 9.17) is 4.42 Å². The summed E-state index contributed by atoms with van der Waals surface area (Å²) in [6.45, 7) is 0. The van der Waals surface area contributed by atoms with E-state index in [1.807, 2.05) is 6.07 Å². The van der Waals surface area contributed by atoms with Gasteiger partial charge in [-0.05, 0) is 24.8 Å². The fourth-order valence-corrected chi connectivity index (χ4v) is 1.44. The van der Waals surface area contributed by atoms with Crippen LogP contribution in [0, 0.1) is 12.2 Å². The first-order valence-corrected chi connectivity index (χ1v) is 4.22. The lowest BCUT2D eigenvalue weighted by atomic mass is 9.95. The fraction of sp³-hybridized carbons (Fsp3) is 0.273. The van der Waals surface area contributed by atoms with E-state index in [2.05, 4.69) is 30.6 Å². The zero-order chi connectivity index (χ0) is 8.23. The average molecular weight is 159 g/mol. The Labute approximate surface area is 72.4 Å². The maximum absolute atomic E-state index is 4.89. The summed E-state index contributed by atoms with van der Waals surface area (Å²) in [5, 5.41) is 0. The van der Waals surface area contributed by atoms with Crippen molar-refractivity contribution in [2.45, 2.75) is 12.8 Å². The average Bonchev–Trinajstić information content (AvgIpc) is 2.59. The van der Waals surface area contributed by atoms with Gasteiger partial charge >= 0.3 is 0 Å². The third-order valence-electron chi connectivity index (χ3n) is 2.08. The molecule has 0 amide bonds. The first kappa shape index (κ1) is 7.41. The Morgan fingerprint density at radius 3 is 3.17 bits per heavy atom. The Hall–Kier alpha value is -1.24. The van der Waals surface area contributed by atoms with Gasteiger partial charge in [0.2, 0.25) is 0 Å². The van der Waals surface area contributed by atoms with Crippen LogP contribution in [-0.2, 0) is 6.42 Å². The lowest BCUT2D eigenvalue weighted by molar-refractivity contribution is 0.549. The Morgan fingerprint density at radius 1 is 1.50 bits per heavy atom. The number of rotatable bonds is 2. The molecule has 1 unspecified atom stereocenters. The quantitative estimate of drug-likeness (QED) is 0.646. The zero-order valence-corrected chi connectivity index (χ0v) is 6.86. The van der Waals surface area contributed by atoms with Gasteiger partial charge in [0, 0.05) is 5.56 Å². The highest BCUT2D eigenvalue weighted by Gasteiger charge is 2.06. The predicted molar refractivity (Wildman–Crippen MR) is 47.6 cm³/mol. The summed E-state index contributed by atoms with van der Waals surface area (Å²) in [6.07, 6.45) is 15.3. The Kier molecular flexibility index (Phi) is 2.12. The van der Waals surface area contributed by atoms with Crippen LogP contribution in [0.15, 0.2) is 41.1 Å². The van der Waals surface area contributed by atoms with Gasteiger partial charge in [-0.15, -0.1) is 0 Å². The van der Waals surface area contributed by atoms with Crippen molar-refractivity contribution >= 4 is 0 Å². The van der Waals surface area contributed by atoms with Gasteiger partial charge in [-0.25, -0.2) is 0 Å². The van der Waals surface area contributed by atoms with Crippen LogP contribution < -0.4 is 0 Å². The van der Waals surface area contributed by atoms with Crippen LogP contribution in [0.2, 0.25) is 0 Å². The molecule has 1 atom stereocenters. The second kappa shape index (κ2) is 3.44. The zero-order valence-electron chi connectivity index (χ0n) is 6.86. The third-order valence-corrected chi connectivity index (χ3v) is 2.08. The molecule has 1 aromatic heterocycles. The summed E-state index contributed by atoms with van der Waals surface area (Å²) in [6, 6.07) is 1.98. The van der Waals surface area contributed by atoms with Gasteiger partial charge in [-0.3, -0.25) is 0 Å². The van der Waals surface area contributed by atoms with Gasteiger partial charge in [-0.2, -0.15) is 0 Å². The highest BCUT2D eigenvalue weighted by molar-refractivity contribution is 5.15. The minimum atomic E-state index is 0.629. The first-order valence-electron chi connectivity index (χ1n) is 4.22. The molecule has 1 aliphatic rings. The molecule has 1 aromatic rings. The first-order chi connectivity index (χ1) is 5.95. The minimum absolute atomic E-state index is 0.629. The summed E-state index contributed by atoms with van der Waals surface area (Å²) < 4.78 is 4.89. The fourth-order valence-electron chi connectivity index (χ4n) is 1.44. The Balaban J connectivity index is 1.96. The van der Waals surface area contributed by atoms with E-state index >= 15 is 0 Å². The molecule has 1 nitrogen and oxygen atoms in total. The summed E-state index contributed by atoms with van der Waals surface area (Å²) in [5.41, 5.74) is 1.17. The molecule has 1 heterocycles. The van der Waals surface area contributed by atoms with E-state index in [1.165, 1.54) is 5.56 Å². The molecule has 0 aromatic carbocycles. The molecule has 12 heavy (non-hydrogen) atoms. The van der Waals surface area contributed by atoms with Gasteiger partial charge in [0.15, 0.2) is 6.26 Å². The molecule has 1 aliphatic carbocycles. The SMILES string of the molecule is [c]1occc1CC1C=CC=CC1. The number of hydrogen-bond acceptors (Lipinski definition) is 1. The topological polar surface area (TPSA) is 13.1 Å². The molecule has 0 fully saturated rings. The molecule has 0 saturated carbocycles. The van der Waals surface area contributed by atoms with Crippen molar-refractivity contribution in [3.8, 4) is 0 Å². The van der Waals surface area contributed by atoms with Gasteiger partial charge in [0.25, 0.3) is 0 Å². The maximum Gasteiger partial charge on any atom is 0.172 e. The molecular formula is C11H11O. The normalized spacial score (nSPS) is 21.5. The van der Waals surface area contributed by atoms with E-state index in [9.17, 15) is 0 Å². The van der Waals surface area contributed by atoms with Crippen LogP contribution in [0.1, 0.15) is 12.0 Å². The van der Waals surface area contributed by atoms with Crippen LogP contribution in [0.4, 0.5) is 0 Å². The number of hydrogen-bond donors (Lipinski definition) is 0. The van der Waals surface area contributed by atoms with Gasteiger partial charge < -0.3 is 4.42 Å². The lowest BCUT2D eigenvalue weighted by Gasteiger charge is -2.10. The largest absolute Gasteiger partial charge is 0.461 e. The van der Waals surface area contributed by atoms with E-state index in [0.717, 1.165) is 12.8 Å². The second-order valence-corrected chi connectivity index (χ2v) is 3.06. The summed E-state index contributed by atoms with van der Waals surface area (Å²) in [7, 11) is 0. The molecule has 0 bridgehead atoms. The van der Waals surface area contributed by atoms with Crippen molar-refractivity contribution in [3.63, 3.8) is 0 Å². The van der Waals surface area contributed by atoms with Crippen LogP contribution in [0.3, 0.4) is 0 Å². The van der Waals surface area contributed by atoms with E-state index < -0.39 is 0 Å². The molecule has 2 rings (SSSR count). The third kappa shape index (κ3) is 1.67. The Bertz CT molecular complexity index is 280. The maximum atomic E-state index is 4.89. The lowest BCUT2D eigenvalue weighted by Crippen LogP contribution is -2.00. The molecular weight excluding hydrogens is 148 g/mol. The molecule has 1 heteroatoms. The van der Waals surface area contributed by atoms with Gasteiger partial charge in [0.05, 0.1) is 6.26 Å². The summed E-state index contributed by atoms with van der Waals surface area (Å²) >= 11 is 0. The van der Waals surface area contributed by atoms with E-state index in [-0.39, 0.29) is 0 Å². The van der Waals surface area contributed by atoms with Crippen LogP contribution >= 0.6 is 0 Å². The van der Waals surface area contributed by atoms with Crippen LogP contribution in [0.25, 0.3) is 0 Å². The standard InChI is InChI=1S/C11H11O/c1-2-4-10(5-3-1)8-11-6-7-12-9-11/h1-4,6-7,10H,5,8H2. The predicted octanol–water partition coefficient (Wildman–Crippen LogP) is 2.75. The molecule has 0 aliphatic heterocycles. The molecule has 0 saturated heterocycles. The monoisotopic (exact) mass is 159 g/mol. The highest BCUT2D eigenvalue weighted by atomic mass is 16.3. The van der Waals surface area contributed by atoms with Crippen molar-refractivity contribution in [2.75, 3.05) is 0 Å². The van der Waals surface area contributed by atoms with Crippen molar-refractivity contribution in [2.24, 2.45) is 5.92 Å². The number of furan rings is 1. The second-order valence-electron chi connectivity index (χ2n) is 3.06. The van der Waals surface area contributed by atoms with E-state index in [1.54, 1.807) is 6.26 Å². The van der Waals surface area contributed by atoms with Gasteiger partial charge in [0.1, 0.15) is 0 Å². The summed E-state index contributed by atoms with van der Waals surface area (Å²) in [5.74, 6) is 0.629. The molecule has 61 valence electrons. The summed E-state index contributed by atoms with van der Waals surface area (Å²) in [4.78, 5) is 0. The van der Waals surface area contributed by atoms with Crippen molar-refractivity contribution in [3.05, 3.63) is 48.5 Å². The number of allylic oxidation sites excluding steroid dienone is 4. The highest BCUT2D eigenvalue weighted by Crippen LogP contribution is 2.17. The van der Waals surface area contributed by atoms with Gasteiger partial charge in [-0.1, -0.05) is 24.3 Å². The molecule has 0 N–H and O–H groups in total. The molecule has 1 radical (unpaired) electrons. The van der Waals surface area contributed by atoms with Crippen molar-refractivity contribution < 1.29 is 4.42 Å².